The molecule has 0 bridgehead atoms. The van der Waals surface area contributed by atoms with Crippen LogP contribution in [0.15, 0.2) is 36.4 Å². The van der Waals surface area contributed by atoms with Crippen LogP contribution in [0.3, 0.4) is 0 Å². The fourth-order valence-electron chi connectivity index (χ4n) is 4.48. The Morgan fingerprint density at radius 2 is 1.45 bits per heavy atom. The zero-order chi connectivity index (χ0) is 21.0. The summed E-state index contributed by atoms with van der Waals surface area (Å²) < 4.78 is 51.0. The quantitative estimate of drug-likeness (QED) is 0.197. The van der Waals surface area contributed by atoms with Crippen molar-refractivity contribution in [3.05, 3.63) is 70.3 Å². The van der Waals surface area contributed by atoms with Gasteiger partial charge in [-0.05, 0) is 79.2 Å². The topological polar surface area (TPSA) is 0 Å². The predicted molar refractivity (Wildman–Crippen MR) is 118 cm³/mol. The summed E-state index contributed by atoms with van der Waals surface area (Å²) in [5.74, 6) is -0.862. The van der Waals surface area contributed by atoms with Gasteiger partial charge >= 0.3 is 3.93 Å². The largest absolute Gasteiger partial charge is 0.327 e. The van der Waals surface area contributed by atoms with Crippen LogP contribution >= 0.6 is 22.6 Å². The zero-order valence-corrected chi connectivity index (χ0v) is 18.8. The van der Waals surface area contributed by atoms with Gasteiger partial charge in [0, 0.05) is 22.6 Å². The molecule has 0 unspecified atom stereocenters. The van der Waals surface area contributed by atoms with Crippen molar-refractivity contribution in [3.8, 4) is 0 Å². The van der Waals surface area contributed by atoms with Gasteiger partial charge in [-0.2, -0.15) is 8.78 Å². The van der Waals surface area contributed by atoms with Crippen LogP contribution in [0.25, 0.3) is 0 Å². The summed E-state index contributed by atoms with van der Waals surface area (Å²) in [6, 6.07) is 10.5. The van der Waals surface area contributed by atoms with E-state index in [4.69, 9.17) is 0 Å². The highest BCUT2D eigenvalue weighted by molar-refractivity contribution is 14.1. The molecule has 1 aliphatic carbocycles. The number of benzene rings is 2. The number of hydrogen-bond acceptors (Lipinski definition) is 0. The van der Waals surface area contributed by atoms with Crippen molar-refractivity contribution in [1.29, 1.82) is 0 Å². The summed E-state index contributed by atoms with van der Waals surface area (Å²) >= 11 is 0.749. The van der Waals surface area contributed by atoms with Crippen LogP contribution in [0.2, 0.25) is 0 Å². The van der Waals surface area contributed by atoms with Crippen LogP contribution in [0.4, 0.5) is 17.6 Å². The molecule has 0 saturated heterocycles. The fraction of sp³-hybridized carbons (Fsp3) is 0.500. The zero-order valence-electron chi connectivity index (χ0n) is 16.7. The lowest BCUT2D eigenvalue weighted by molar-refractivity contribution is 0.117. The predicted octanol–water partition coefficient (Wildman–Crippen LogP) is 8.31. The highest BCUT2D eigenvalue weighted by Gasteiger charge is 2.34. The summed E-state index contributed by atoms with van der Waals surface area (Å²) in [6.07, 6.45) is 8.73. The molecule has 5 heteroatoms. The molecule has 1 saturated carbocycles. The van der Waals surface area contributed by atoms with Crippen LogP contribution < -0.4 is 0 Å². The maximum Gasteiger partial charge on any atom is 0.327 e. The number of rotatable bonds is 7. The maximum atomic E-state index is 13.9. The van der Waals surface area contributed by atoms with Crippen LogP contribution in [0.5, 0.6) is 0 Å². The lowest BCUT2D eigenvalue weighted by Crippen LogP contribution is -2.13. The SMILES string of the molecule is CCCC1CCC(c2ccc(CCc3cc(F)c(C(F)(F)I)c(F)c3)cc2)CC1. The van der Waals surface area contributed by atoms with Crippen molar-refractivity contribution in [2.75, 3.05) is 0 Å². The van der Waals surface area contributed by atoms with Gasteiger partial charge < -0.3 is 0 Å². The summed E-state index contributed by atoms with van der Waals surface area (Å²) in [5.41, 5.74) is 1.68. The average molecular weight is 518 g/mol. The Kier molecular flexibility index (Phi) is 7.63. The molecule has 0 amide bonds. The van der Waals surface area contributed by atoms with Gasteiger partial charge in [-0.1, -0.05) is 44.0 Å². The maximum absolute atomic E-state index is 13.9. The van der Waals surface area contributed by atoms with Crippen LogP contribution in [0.1, 0.15) is 73.6 Å². The summed E-state index contributed by atoms with van der Waals surface area (Å²) in [7, 11) is 0. The molecule has 158 valence electrons. The second kappa shape index (κ2) is 9.80. The molecule has 1 aliphatic rings. The summed E-state index contributed by atoms with van der Waals surface area (Å²) in [4.78, 5) is 0. The molecule has 2 aromatic rings. The van der Waals surface area contributed by atoms with Crippen LogP contribution in [-0.4, -0.2) is 0 Å². The first kappa shape index (κ1) is 22.6. The third kappa shape index (κ3) is 5.96. The van der Waals surface area contributed by atoms with Gasteiger partial charge in [-0.15, -0.1) is 0 Å². The van der Waals surface area contributed by atoms with Gasteiger partial charge in [0.15, 0.2) is 0 Å². The van der Waals surface area contributed by atoms with E-state index >= 15 is 0 Å². The molecule has 2 aromatic carbocycles. The molecule has 0 nitrogen and oxygen atoms in total. The van der Waals surface area contributed by atoms with Crippen molar-refractivity contribution in [3.63, 3.8) is 0 Å². The third-order valence-corrected chi connectivity index (χ3v) is 6.62. The minimum atomic E-state index is -3.56. The van der Waals surface area contributed by atoms with E-state index in [1.165, 1.54) is 44.1 Å². The molecule has 0 aliphatic heterocycles. The Morgan fingerprint density at radius 1 is 0.897 bits per heavy atom. The first-order valence-corrected chi connectivity index (χ1v) is 11.5. The van der Waals surface area contributed by atoms with Crippen molar-refractivity contribution < 1.29 is 17.6 Å². The lowest BCUT2D eigenvalue weighted by atomic mass is 9.77. The van der Waals surface area contributed by atoms with Gasteiger partial charge in [0.05, 0.1) is 0 Å². The Labute approximate surface area is 184 Å². The fourth-order valence-corrected chi connectivity index (χ4v) is 4.99. The van der Waals surface area contributed by atoms with E-state index < -0.39 is 21.1 Å². The smallest absolute Gasteiger partial charge is 0.206 e. The van der Waals surface area contributed by atoms with Crippen molar-refractivity contribution in [2.45, 2.75) is 68.1 Å². The van der Waals surface area contributed by atoms with E-state index in [1.54, 1.807) is 0 Å². The normalized spacial score (nSPS) is 20.1. The van der Waals surface area contributed by atoms with E-state index in [1.807, 2.05) is 0 Å². The highest BCUT2D eigenvalue weighted by atomic mass is 127. The highest BCUT2D eigenvalue weighted by Crippen LogP contribution is 2.39. The first-order valence-electron chi connectivity index (χ1n) is 10.4. The molecular formula is C24H27F4I. The second-order valence-electron chi connectivity index (χ2n) is 8.18. The molecule has 3 rings (SSSR count). The monoisotopic (exact) mass is 518 g/mol. The van der Waals surface area contributed by atoms with Crippen molar-refractivity contribution in [2.24, 2.45) is 5.92 Å². The minimum absolute atomic E-state index is 0.391. The Bertz CT molecular complexity index is 780. The van der Waals surface area contributed by atoms with Crippen molar-refractivity contribution >= 4 is 22.6 Å². The second-order valence-corrected chi connectivity index (χ2v) is 9.53. The van der Waals surface area contributed by atoms with Gasteiger partial charge in [-0.25, -0.2) is 8.78 Å². The van der Waals surface area contributed by atoms with E-state index in [2.05, 4.69) is 31.2 Å². The van der Waals surface area contributed by atoms with E-state index in [0.717, 1.165) is 46.2 Å². The molecule has 0 radical (unpaired) electrons. The number of hydrogen-bond donors (Lipinski definition) is 0. The van der Waals surface area contributed by atoms with E-state index in [-0.39, 0.29) is 0 Å². The molecule has 0 N–H and O–H groups in total. The molecule has 0 spiro atoms. The molecule has 29 heavy (non-hydrogen) atoms. The van der Waals surface area contributed by atoms with Gasteiger partial charge in [0.2, 0.25) is 0 Å². The van der Waals surface area contributed by atoms with Crippen LogP contribution in [-0.2, 0) is 16.8 Å². The standard InChI is InChI=1S/C24H27F4I/c1-2-3-16-6-10-19(11-7-16)20-12-8-17(9-13-20)4-5-18-14-21(25)23(22(26)15-18)24(27,28)29/h8-9,12-16,19H,2-7,10-11H2,1H3. The molecule has 0 atom stereocenters. The van der Waals surface area contributed by atoms with E-state index in [0.29, 0.717) is 24.3 Å². The third-order valence-electron chi connectivity index (χ3n) is 6.08. The van der Waals surface area contributed by atoms with Gasteiger partial charge in [-0.3, -0.25) is 0 Å². The minimum Gasteiger partial charge on any atom is -0.206 e. The number of aryl methyl sites for hydroxylation is 2. The molecule has 0 aromatic heterocycles. The summed E-state index contributed by atoms with van der Waals surface area (Å²) in [5, 5.41) is 0. The first-order chi connectivity index (χ1) is 13.8. The average Bonchev–Trinajstić information content (AvgIpc) is 2.66. The molecule has 1 fully saturated rings. The van der Waals surface area contributed by atoms with Crippen molar-refractivity contribution in [1.82, 2.24) is 0 Å². The summed E-state index contributed by atoms with van der Waals surface area (Å²) in [6.45, 7) is 2.25. The number of halogens is 5. The lowest BCUT2D eigenvalue weighted by Gasteiger charge is -2.28. The van der Waals surface area contributed by atoms with E-state index in [9.17, 15) is 17.6 Å². The Hall–Kier alpha value is -1.11. The van der Waals surface area contributed by atoms with Gasteiger partial charge in [0.1, 0.15) is 17.2 Å². The van der Waals surface area contributed by atoms with Crippen LogP contribution in [0, 0.1) is 17.6 Å². The Balaban J connectivity index is 1.58. The molecular weight excluding hydrogens is 491 g/mol. The van der Waals surface area contributed by atoms with Gasteiger partial charge in [0.25, 0.3) is 0 Å². The Morgan fingerprint density at radius 3 is 1.97 bits per heavy atom. The number of alkyl halides is 3. The molecule has 0 heterocycles.